The fourth-order valence-electron chi connectivity index (χ4n) is 2.00. The molecule has 0 aliphatic carbocycles. The minimum atomic E-state index is 0.0219. The summed E-state index contributed by atoms with van der Waals surface area (Å²) in [6, 6.07) is 5.43. The molecule has 2 rings (SSSR count). The fourth-order valence-corrected chi connectivity index (χ4v) is 3.59. The van der Waals surface area contributed by atoms with Crippen LogP contribution in [0.2, 0.25) is 10.0 Å². The molecule has 1 aromatic rings. The third-order valence-electron chi connectivity index (χ3n) is 3.09. The zero-order valence-electron chi connectivity index (χ0n) is 11.0. The number of benzene rings is 1. The quantitative estimate of drug-likeness (QED) is 0.865. The van der Waals surface area contributed by atoms with Crippen molar-refractivity contribution in [2.24, 2.45) is 0 Å². The van der Waals surface area contributed by atoms with Crippen molar-refractivity contribution in [3.05, 3.63) is 33.8 Å². The molecule has 1 fully saturated rings. The summed E-state index contributed by atoms with van der Waals surface area (Å²) in [6.45, 7) is 1.41. The molecule has 0 radical (unpaired) electrons. The van der Waals surface area contributed by atoms with E-state index >= 15 is 0 Å². The summed E-state index contributed by atoms with van der Waals surface area (Å²) in [5, 5.41) is 4.18. The van der Waals surface area contributed by atoms with E-state index in [9.17, 15) is 4.79 Å². The van der Waals surface area contributed by atoms with E-state index in [2.05, 4.69) is 5.32 Å². The second-order valence-corrected chi connectivity index (χ2v) is 6.43. The number of halogens is 2. The molecule has 0 spiro atoms. The Labute approximate surface area is 133 Å². The molecule has 3 nitrogen and oxygen atoms in total. The summed E-state index contributed by atoms with van der Waals surface area (Å²) in [5.74, 6) is 1.05. The van der Waals surface area contributed by atoms with Gasteiger partial charge in [-0.25, -0.2) is 0 Å². The van der Waals surface area contributed by atoms with Crippen molar-refractivity contribution in [3.63, 3.8) is 0 Å². The number of hydrogen-bond donors (Lipinski definition) is 1. The minimum absolute atomic E-state index is 0.0219. The van der Waals surface area contributed by atoms with Gasteiger partial charge in [-0.1, -0.05) is 29.3 Å². The molecule has 0 bridgehead atoms. The average Bonchev–Trinajstić information content (AvgIpc) is 2.93. The first-order valence-electron chi connectivity index (χ1n) is 6.55. The van der Waals surface area contributed by atoms with Crippen molar-refractivity contribution in [2.45, 2.75) is 24.7 Å². The van der Waals surface area contributed by atoms with Crippen molar-refractivity contribution in [1.29, 1.82) is 0 Å². The number of thioether (sulfide) groups is 1. The van der Waals surface area contributed by atoms with E-state index in [0.717, 1.165) is 25.0 Å². The van der Waals surface area contributed by atoms with E-state index in [1.807, 2.05) is 6.07 Å². The van der Waals surface area contributed by atoms with Gasteiger partial charge in [-0.3, -0.25) is 4.79 Å². The SMILES string of the molecule is O=C(CSCc1c(Cl)cccc1Cl)NC[C@@H]1CCCO1. The van der Waals surface area contributed by atoms with Crippen LogP contribution in [-0.2, 0) is 15.3 Å². The molecule has 20 heavy (non-hydrogen) atoms. The standard InChI is InChI=1S/C14H17Cl2NO2S/c15-12-4-1-5-13(16)11(12)8-20-9-14(18)17-7-10-3-2-6-19-10/h1,4-5,10H,2-3,6-9H2,(H,17,18)/t10-/m0/s1. The van der Waals surface area contributed by atoms with Crippen molar-refractivity contribution in [2.75, 3.05) is 18.9 Å². The van der Waals surface area contributed by atoms with Crippen LogP contribution in [0.3, 0.4) is 0 Å². The van der Waals surface area contributed by atoms with Gasteiger partial charge in [0, 0.05) is 28.9 Å². The van der Waals surface area contributed by atoms with Crippen LogP contribution in [0, 0.1) is 0 Å². The molecular weight excluding hydrogens is 317 g/mol. The Morgan fingerprint density at radius 3 is 2.80 bits per heavy atom. The van der Waals surface area contributed by atoms with Crippen molar-refractivity contribution in [3.8, 4) is 0 Å². The number of nitrogens with one attached hydrogen (secondary N) is 1. The highest BCUT2D eigenvalue weighted by Crippen LogP contribution is 2.28. The smallest absolute Gasteiger partial charge is 0.230 e. The van der Waals surface area contributed by atoms with Crippen LogP contribution >= 0.6 is 35.0 Å². The van der Waals surface area contributed by atoms with Gasteiger partial charge < -0.3 is 10.1 Å². The molecular formula is C14H17Cl2NO2S. The van der Waals surface area contributed by atoms with E-state index in [1.54, 1.807) is 12.1 Å². The Morgan fingerprint density at radius 1 is 1.40 bits per heavy atom. The lowest BCUT2D eigenvalue weighted by Crippen LogP contribution is -2.32. The van der Waals surface area contributed by atoms with Crippen LogP contribution in [-0.4, -0.2) is 30.9 Å². The highest BCUT2D eigenvalue weighted by Gasteiger charge is 2.16. The van der Waals surface area contributed by atoms with E-state index in [1.165, 1.54) is 11.8 Å². The van der Waals surface area contributed by atoms with Gasteiger partial charge in [0.1, 0.15) is 0 Å². The molecule has 0 saturated carbocycles. The molecule has 0 aromatic heterocycles. The van der Waals surface area contributed by atoms with Crippen molar-refractivity contribution >= 4 is 40.9 Å². The lowest BCUT2D eigenvalue weighted by Gasteiger charge is -2.11. The van der Waals surface area contributed by atoms with Crippen molar-refractivity contribution < 1.29 is 9.53 Å². The summed E-state index contributed by atoms with van der Waals surface area (Å²) < 4.78 is 5.45. The Hall–Kier alpha value is -0.420. The second kappa shape index (κ2) is 8.13. The number of carbonyl (C=O) groups is 1. The maximum atomic E-state index is 11.7. The zero-order chi connectivity index (χ0) is 14.4. The van der Waals surface area contributed by atoms with Gasteiger partial charge in [-0.2, -0.15) is 0 Å². The van der Waals surface area contributed by atoms with E-state index in [0.29, 0.717) is 28.1 Å². The Kier molecular flexibility index (Phi) is 6.49. The number of amides is 1. The van der Waals surface area contributed by atoms with Crippen molar-refractivity contribution in [1.82, 2.24) is 5.32 Å². The van der Waals surface area contributed by atoms with Gasteiger partial charge in [0.2, 0.25) is 5.91 Å². The van der Waals surface area contributed by atoms with Gasteiger partial charge >= 0.3 is 0 Å². The van der Waals surface area contributed by atoms with Gasteiger partial charge in [-0.15, -0.1) is 11.8 Å². The summed E-state index contributed by atoms with van der Waals surface area (Å²) >= 11 is 13.7. The van der Waals surface area contributed by atoms with Crippen LogP contribution in [0.1, 0.15) is 18.4 Å². The highest BCUT2D eigenvalue weighted by atomic mass is 35.5. The average molecular weight is 334 g/mol. The van der Waals surface area contributed by atoms with Crippen LogP contribution in [0.5, 0.6) is 0 Å². The number of hydrogen-bond acceptors (Lipinski definition) is 3. The van der Waals surface area contributed by atoms with Gasteiger partial charge in [0.15, 0.2) is 0 Å². The van der Waals surface area contributed by atoms with E-state index < -0.39 is 0 Å². The molecule has 110 valence electrons. The topological polar surface area (TPSA) is 38.3 Å². The van der Waals surface area contributed by atoms with Crippen LogP contribution < -0.4 is 5.32 Å². The molecule has 1 N–H and O–H groups in total. The maximum absolute atomic E-state index is 11.7. The Bertz CT molecular complexity index is 444. The molecule has 1 heterocycles. The number of rotatable bonds is 6. The Morgan fingerprint density at radius 2 is 2.15 bits per heavy atom. The molecule has 1 saturated heterocycles. The molecule has 1 aliphatic heterocycles. The van der Waals surface area contributed by atoms with Gasteiger partial charge in [0.25, 0.3) is 0 Å². The van der Waals surface area contributed by atoms with Gasteiger partial charge in [0.05, 0.1) is 11.9 Å². The predicted octanol–water partition coefficient (Wildman–Crippen LogP) is 3.52. The summed E-state index contributed by atoms with van der Waals surface area (Å²) in [5.41, 5.74) is 0.882. The minimum Gasteiger partial charge on any atom is -0.376 e. The monoisotopic (exact) mass is 333 g/mol. The molecule has 1 atom stereocenters. The Balaban J connectivity index is 1.68. The lowest BCUT2D eigenvalue weighted by atomic mass is 10.2. The van der Waals surface area contributed by atoms with Gasteiger partial charge in [-0.05, 0) is 30.5 Å². The largest absolute Gasteiger partial charge is 0.376 e. The van der Waals surface area contributed by atoms with Crippen LogP contribution in [0.4, 0.5) is 0 Å². The second-order valence-electron chi connectivity index (χ2n) is 4.63. The number of ether oxygens (including phenoxy) is 1. The third-order valence-corrected chi connectivity index (χ3v) is 4.76. The summed E-state index contributed by atoms with van der Waals surface area (Å²) in [7, 11) is 0. The molecule has 0 unspecified atom stereocenters. The first-order valence-corrected chi connectivity index (χ1v) is 8.47. The normalized spacial score (nSPS) is 18.2. The van der Waals surface area contributed by atoms with Crippen LogP contribution in [0.25, 0.3) is 0 Å². The highest BCUT2D eigenvalue weighted by molar-refractivity contribution is 7.99. The summed E-state index contributed by atoms with van der Waals surface area (Å²) in [6.07, 6.45) is 2.30. The fraction of sp³-hybridized carbons (Fsp3) is 0.500. The summed E-state index contributed by atoms with van der Waals surface area (Å²) in [4.78, 5) is 11.7. The lowest BCUT2D eigenvalue weighted by molar-refractivity contribution is -0.119. The van der Waals surface area contributed by atoms with E-state index in [4.69, 9.17) is 27.9 Å². The first kappa shape index (κ1) is 16.0. The number of carbonyl (C=O) groups excluding carboxylic acids is 1. The zero-order valence-corrected chi connectivity index (χ0v) is 13.4. The third kappa shape index (κ3) is 4.85. The first-order chi connectivity index (χ1) is 9.66. The van der Waals surface area contributed by atoms with E-state index in [-0.39, 0.29) is 12.0 Å². The van der Waals surface area contributed by atoms with Crippen LogP contribution in [0.15, 0.2) is 18.2 Å². The molecule has 1 aliphatic rings. The molecule has 1 aromatic carbocycles. The predicted molar refractivity (Wildman–Crippen MR) is 84.6 cm³/mol. The molecule has 1 amide bonds. The molecule has 6 heteroatoms. The maximum Gasteiger partial charge on any atom is 0.230 e.